The van der Waals surface area contributed by atoms with E-state index in [0.29, 0.717) is 23.7 Å². The average Bonchev–Trinajstić information content (AvgIpc) is 3.66. The van der Waals surface area contributed by atoms with Crippen molar-refractivity contribution in [3.63, 3.8) is 0 Å². The number of urea groups is 1. The zero-order valence-corrected chi connectivity index (χ0v) is 21.4. The number of likely N-dealkylation sites (N-methyl/N-ethyl adjacent to an activating group) is 1. The molecule has 3 N–H and O–H groups in total. The van der Waals surface area contributed by atoms with Gasteiger partial charge in [0.1, 0.15) is 11.9 Å². The third-order valence-electron chi connectivity index (χ3n) is 6.96. The number of ether oxygens (including phenoxy) is 1. The Labute approximate surface area is 213 Å². The lowest BCUT2D eigenvalue weighted by molar-refractivity contribution is -0.134. The third kappa shape index (κ3) is 6.98. The van der Waals surface area contributed by atoms with Crippen LogP contribution in [0.2, 0.25) is 0 Å². The number of aliphatic hydroxyl groups excluding tert-OH is 1. The number of nitrogens with one attached hydrogen (secondary N) is 2. The molecule has 2 aliphatic rings. The second kappa shape index (κ2) is 11.8. The van der Waals surface area contributed by atoms with Gasteiger partial charge in [0.05, 0.1) is 19.1 Å². The lowest BCUT2D eigenvalue weighted by Gasteiger charge is -2.34. The zero-order valence-electron chi connectivity index (χ0n) is 21.4. The minimum atomic E-state index is -0.361. The number of benzene rings is 2. The normalized spacial score (nSPS) is 21.0. The fourth-order valence-electron chi connectivity index (χ4n) is 4.66. The summed E-state index contributed by atoms with van der Waals surface area (Å²) in [6.07, 6.45) is 2.59. The maximum absolute atomic E-state index is 13.3. The van der Waals surface area contributed by atoms with Crippen molar-refractivity contribution in [3.8, 4) is 5.75 Å². The van der Waals surface area contributed by atoms with Gasteiger partial charge in [0.15, 0.2) is 0 Å². The summed E-state index contributed by atoms with van der Waals surface area (Å²) in [7, 11) is 2.12. The van der Waals surface area contributed by atoms with Crippen molar-refractivity contribution in [2.75, 3.05) is 43.9 Å². The summed E-state index contributed by atoms with van der Waals surface area (Å²) < 4.78 is 6.56. The number of carbonyl (C=O) groups excluding carboxylic acids is 2. The largest absolute Gasteiger partial charge is 0.488 e. The van der Waals surface area contributed by atoms with Gasteiger partial charge in [-0.25, -0.2) is 4.79 Å². The molecule has 2 aromatic carbocycles. The summed E-state index contributed by atoms with van der Waals surface area (Å²) >= 11 is 0. The molecule has 0 unspecified atom stereocenters. The van der Waals surface area contributed by atoms with Gasteiger partial charge in [-0.15, -0.1) is 0 Å². The standard InChI is InChI=1S/C28H38N4O4/c1-19-15-32(20(2)18-33)27(34)14-22-13-24(30-28(35)29-23-7-5-4-6-8-23)11-12-25(22)36-26(19)17-31(3)16-21-9-10-21/h4-8,11-13,19-21,26,33H,9-10,14-18H2,1-3H3,(H2,29,30,35)/t19-,20+,26-/m0/s1. The summed E-state index contributed by atoms with van der Waals surface area (Å²) in [6.45, 7) is 6.20. The Balaban J connectivity index is 1.55. The van der Waals surface area contributed by atoms with E-state index >= 15 is 0 Å². The Morgan fingerprint density at radius 3 is 2.56 bits per heavy atom. The van der Waals surface area contributed by atoms with Crippen LogP contribution < -0.4 is 15.4 Å². The van der Waals surface area contributed by atoms with Crippen LogP contribution >= 0.6 is 0 Å². The van der Waals surface area contributed by atoms with E-state index in [9.17, 15) is 14.7 Å². The molecule has 1 saturated carbocycles. The number of rotatable bonds is 8. The maximum atomic E-state index is 13.3. The van der Waals surface area contributed by atoms with E-state index in [1.807, 2.05) is 43.3 Å². The fraction of sp³-hybridized carbons (Fsp3) is 0.500. The van der Waals surface area contributed by atoms with Crippen molar-refractivity contribution in [3.05, 3.63) is 54.1 Å². The Morgan fingerprint density at radius 1 is 1.14 bits per heavy atom. The molecule has 1 aliphatic carbocycles. The van der Waals surface area contributed by atoms with Gasteiger partial charge in [-0.3, -0.25) is 4.79 Å². The first-order chi connectivity index (χ1) is 17.3. The van der Waals surface area contributed by atoms with E-state index in [1.165, 1.54) is 12.8 Å². The van der Waals surface area contributed by atoms with Crippen LogP contribution in [0, 0.1) is 11.8 Å². The highest BCUT2D eigenvalue weighted by atomic mass is 16.5. The van der Waals surface area contributed by atoms with Crippen molar-refractivity contribution in [1.29, 1.82) is 0 Å². The number of amides is 3. The minimum absolute atomic E-state index is 0.0638. The minimum Gasteiger partial charge on any atom is -0.488 e. The lowest BCUT2D eigenvalue weighted by Crippen LogP contribution is -2.47. The second-order valence-corrected chi connectivity index (χ2v) is 10.3. The van der Waals surface area contributed by atoms with Crippen LogP contribution in [0.5, 0.6) is 5.75 Å². The molecule has 0 radical (unpaired) electrons. The van der Waals surface area contributed by atoms with Gasteiger partial charge < -0.3 is 30.3 Å². The molecule has 4 rings (SSSR count). The van der Waals surface area contributed by atoms with E-state index in [-0.39, 0.29) is 43.0 Å². The van der Waals surface area contributed by atoms with E-state index in [4.69, 9.17) is 4.74 Å². The van der Waals surface area contributed by atoms with Crippen molar-refractivity contribution >= 4 is 23.3 Å². The van der Waals surface area contributed by atoms with Crippen LogP contribution in [-0.4, -0.2) is 72.3 Å². The summed E-state index contributed by atoms with van der Waals surface area (Å²) in [6, 6.07) is 14.0. The third-order valence-corrected chi connectivity index (χ3v) is 6.96. The fourth-order valence-corrected chi connectivity index (χ4v) is 4.66. The molecule has 0 bridgehead atoms. The van der Waals surface area contributed by atoms with Gasteiger partial charge in [-0.05, 0) is 63.1 Å². The molecule has 194 valence electrons. The molecule has 8 heteroatoms. The monoisotopic (exact) mass is 494 g/mol. The molecular formula is C28H38N4O4. The van der Waals surface area contributed by atoms with E-state index in [1.54, 1.807) is 17.0 Å². The molecule has 1 fully saturated rings. The first-order valence-electron chi connectivity index (χ1n) is 12.8. The number of anilines is 2. The number of aliphatic hydroxyl groups is 1. The zero-order chi connectivity index (χ0) is 25.7. The molecule has 2 aromatic rings. The van der Waals surface area contributed by atoms with Crippen molar-refractivity contribution in [2.45, 2.75) is 45.3 Å². The second-order valence-electron chi connectivity index (χ2n) is 10.3. The highest BCUT2D eigenvalue weighted by molar-refractivity contribution is 5.99. The first kappa shape index (κ1) is 26.0. The molecule has 3 atom stereocenters. The first-order valence-corrected chi connectivity index (χ1v) is 12.8. The van der Waals surface area contributed by atoms with Gasteiger partial charge >= 0.3 is 6.03 Å². The topological polar surface area (TPSA) is 94.1 Å². The number of fused-ring (bicyclic) bond motifs is 1. The van der Waals surface area contributed by atoms with Crippen molar-refractivity contribution < 1.29 is 19.4 Å². The number of carbonyl (C=O) groups is 2. The molecule has 1 aliphatic heterocycles. The molecule has 0 saturated heterocycles. The molecule has 0 aromatic heterocycles. The van der Waals surface area contributed by atoms with Crippen LogP contribution in [0.15, 0.2) is 48.5 Å². The molecule has 36 heavy (non-hydrogen) atoms. The van der Waals surface area contributed by atoms with E-state index in [0.717, 1.165) is 24.6 Å². The Kier molecular flexibility index (Phi) is 8.48. The van der Waals surface area contributed by atoms with Gasteiger partial charge in [0, 0.05) is 42.5 Å². The number of nitrogens with zero attached hydrogens (tertiary/aromatic N) is 2. The summed E-state index contributed by atoms with van der Waals surface area (Å²) in [5.41, 5.74) is 1.99. The Morgan fingerprint density at radius 2 is 1.86 bits per heavy atom. The predicted octanol–water partition coefficient (Wildman–Crippen LogP) is 3.82. The van der Waals surface area contributed by atoms with Crippen LogP contribution in [0.4, 0.5) is 16.2 Å². The summed E-state index contributed by atoms with van der Waals surface area (Å²) in [4.78, 5) is 29.9. The quantitative estimate of drug-likeness (QED) is 0.519. The number of hydrogen-bond donors (Lipinski definition) is 3. The molecule has 3 amide bonds. The van der Waals surface area contributed by atoms with Crippen molar-refractivity contribution in [2.24, 2.45) is 11.8 Å². The molecule has 8 nitrogen and oxygen atoms in total. The van der Waals surface area contributed by atoms with E-state index < -0.39 is 0 Å². The van der Waals surface area contributed by atoms with Gasteiger partial charge in [0.2, 0.25) is 5.91 Å². The smallest absolute Gasteiger partial charge is 0.323 e. The predicted molar refractivity (Wildman–Crippen MR) is 141 cm³/mol. The highest BCUT2D eigenvalue weighted by Gasteiger charge is 2.32. The Hall–Kier alpha value is -3.10. The summed E-state index contributed by atoms with van der Waals surface area (Å²) in [5, 5.41) is 15.5. The maximum Gasteiger partial charge on any atom is 0.323 e. The SMILES string of the molecule is C[C@H](CO)N1C[C@H](C)[C@H](CN(C)CC2CC2)Oc2ccc(NC(=O)Nc3ccccc3)cc2CC1=O. The Bertz CT molecular complexity index is 1040. The molecular weight excluding hydrogens is 456 g/mol. The highest BCUT2D eigenvalue weighted by Crippen LogP contribution is 2.31. The van der Waals surface area contributed by atoms with Crippen LogP contribution in [-0.2, 0) is 11.2 Å². The van der Waals surface area contributed by atoms with Gasteiger partial charge in [0.25, 0.3) is 0 Å². The molecule has 0 spiro atoms. The van der Waals surface area contributed by atoms with Gasteiger partial charge in [-0.2, -0.15) is 0 Å². The van der Waals surface area contributed by atoms with Crippen LogP contribution in [0.3, 0.4) is 0 Å². The number of para-hydroxylation sites is 1. The van der Waals surface area contributed by atoms with E-state index in [2.05, 4.69) is 29.5 Å². The van der Waals surface area contributed by atoms with Crippen LogP contribution in [0.25, 0.3) is 0 Å². The molecule has 1 heterocycles. The average molecular weight is 495 g/mol. The van der Waals surface area contributed by atoms with Crippen LogP contribution in [0.1, 0.15) is 32.3 Å². The summed E-state index contributed by atoms with van der Waals surface area (Å²) in [5.74, 6) is 1.45. The lowest BCUT2D eigenvalue weighted by atomic mass is 10.0. The van der Waals surface area contributed by atoms with Crippen molar-refractivity contribution in [1.82, 2.24) is 9.80 Å². The van der Waals surface area contributed by atoms with Gasteiger partial charge in [-0.1, -0.05) is 25.1 Å². The number of hydrogen-bond acceptors (Lipinski definition) is 5.